The molecule has 0 spiro atoms. The van der Waals surface area contributed by atoms with Crippen molar-refractivity contribution in [3.8, 4) is 0 Å². The van der Waals surface area contributed by atoms with Crippen LogP contribution in [0, 0.1) is 0 Å². The molecule has 0 aromatic rings. The Morgan fingerprint density at radius 2 is 0.429 bits per heavy atom. The largest absolute Gasteiger partial charge is 0.0594 e. The average molecular weight is 416 g/mol. The van der Waals surface area contributed by atoms with E-state index in [0.29, 0.717) is 12.8 Å². The fourth-order valence-electron chi connectivity index (χ4n) is 9.46. The van der Waals surface area contributed by atoms with Crippen LogP contribution in [0.1, 0.15) is 0 Å². The Morgan fingerprint density at radius 1 is 0.257 bits per heavy atom. The molecule has 0 aliphatic heterocycles. The van der Waals surface area contributed by atoms with E-state index in [1.807, 2.05) is 0 Å². The lowest BCUT2D eigenvalue weighted by Crippen LogP contribution is -2.90. The molecule has 0 fully saturated rings. The second-order valence-electron chi connectivity index (χ2n) is 15.4. The molecule has 0 unspecified atom stereocenters. The van der Waals surface area contributed by atoms with Crippen LogP contribution in [0.15, 0.2) is 0 Å². The normalized spacial score (nSPS) is 9.49. The van der Waals surface area contributed by atoms with E-state index in [1.54, 1.807) is 0 Å². The Bertz CT molecular complexity index is 482. The standard InChI is InChI=1S/B35H37/c1-19-28(18)33(29(20(2)3)21(4)5)35(32(26(14)15)27(16)17)34(30(22(6)7)23(8)9)31(24(10)11)25(12)13/h19H,1-18H2. The first-order valence-electron chi connectivity index (χ1n) is 15.9. The molecule has 0 rings (SSSR count). The maximum atomic E-state index is 2.61. The zero-order chi connectivity index (χ0) is 27.9. The smallest absolute Gasteiger partial charge is 0.000158 e. The topological polar surface area (TPSA) is 0 Å². The van der Waals surface area contributed by atoms with Crippen molar-refractivity contribution in [2.45, 2.75) is 0 Å². The van der Waals surface area contributed by atoms with Gasteiger partial charge in [-0.2, -0.15) is 0 Å². The maximum Gasteiger partial charge on any atom is 0.0594 e. The molecule has 0 aromatic heterocycles. The van der Waals surface area contributed by atoms with Crippen LogP contribution in [-0.4, -0.2) is 248 Å². The summed E-state index contributed by atoms with van der Waals surface area (Å²) in [6.07, 6.45) is 11.9. The maximum absolute atomic E-state index is 2.61. The van der Waals surface area contributed by atoms with Crippen LogP contribution in [0.4, 0.5) is 0 Å². The summed E-state index contributed by atoms with van der Waals surface area (Å²) in [5.41, 5.74) is 0. The third-order valence-electron chi connectivity index (χ3n) is 10.1. The monoisotopic (exact) mass is 423 g/mol. The fraction of sp³-hybridized carbons (Fsp3) is 0. The lowest BCUT2D eigenvalue weighted by Gasteiger charge is -2.51. The third kappa shape index (κ3) is 10.3. The van der Waals surface area contributed by atoms with E-state index >= 15 is 0 Å². The molecule has 35 heteroatoms. The molecular weight excluding hydrogens is 378 g/mol. The Labute approximate surface area is 247 Å². The summed E-state index contributed by atoms with van der Waals surface area (Å²) >= 11 is 0. The van der Waals surface area contributed by atoms with Crippen molar-refractivity contribution in [1.29, 1.82) is 0 Å². The van der Waals surface area contributed by atoms with Gasteiger partial charge in [-0.3, -0.25) is 0 Å². The van der Waals surface area contributed by atoms with Crippen LogP contribution in [0.2, 0.25) is 0 Å². The van der Waals surface area contributed by atoms with Crippen LogP contribution in [0.25, 0.3) is 0 Å². The van der Waals surface area contributed by atoms with Gasteiger partial charge >= 0.3 is 0 Å². The molecule has 0 amide bonds. The summed E-state index contributed by atoms with van der Waals surface area (Å²) in [6, 6.07) is 0. The summed E-state index contributed by atoms with van der Waals surface area (Å²) in [7, 11) is 46.9. The molecule has 0 aliphatic carbocycles. The van der Waals surface area contributed by atoms with E-state index in [4.69, 9.17) is 0 Å². The van der Waals surface area contributed by atoms with Gasteiger partial charge in [-0.25, -0.2) is 0 Å². The zero-order valence-corrected chi connectivity index (χ0v) is 27.9. The minimum absolute atomic E-state index is 0.717. The highest BCUT2D eigenvalue weighted by Crippen LogP contribution is 2.16. The third-order valence-corrected chi connectivity index (χ3v) is 10.1. The second-order valence-corrected chi connectivity index (χ2v) is 15.4. The molecule has 35 heavy (non-hydrogen) atoms. The van der Waals surface area contributed by atoms with Crippen molar-refractivity contribution >= 4 is 248 Å². The van der Waals surface area contributed by atoms with Gasteiger partial charge in [0.15, 0.2) is 0 Å². The van der Waals surface area contributed by atoms with Gasteiger partial charge in [0.2, 0.25) is 0 Å². The molecule has 142 valence electrons. The van der Waals surface area contributed by atoms with E-state index in [2.05, 4.69) is 139 Å². The highest BCUT2D eigenvalue weighted by molar-refractivity contribution is 8.30. The first-order chi connectivity index (χ1) is 15.9. The molecule has 0 atom stereocenters. The Balaban J connectivity index is 7.70. The lowest BCUT2D eigenvalue weighted by molar-refractivity contribution is 3.23. The fourth-order valence-corrected chi connectivity index (χ4v) is 9.46. The van der Waals surface area contributed by atoms with Crippen molar-refractivity contribution < 1.29 is 0 Å². The Kier molecular flexibility index (Phi) is 18.3. The Hall–Kier alpha value is 2.27. The summed E-state index contributed by atoms with van der Waals surface area (Å²) in [6.45, 7) is 0. The van der Waals surface area contributed by atoms with Gasteiger partial charge in [-0.15, -0.1) is 0 Å². The summed E-state index contributed by atoms with van der Waals surface area (Å²) < 4.78 is 0. The highest BCUT2D eigenvalue weighted by atomic mass is 13.4. The van der Waals surface area contributed by atoms with Crippen molar-refractivity contribution in [2.75, 3.05) is 0 Å². The molecule has 0 bridgehead atoms. The SMILES string of the molecule is BBB(B)B(B(B(B)B)B(B)B)B(B(B(B)B)B(B)B)B(B(B(B)B)B(B)B)B(B(B)B)B(B)B. The van der Waals surface area contributed by atoms with Crippen molar-refractivity contribution in [2.24, 2.45) is 0 Å². The van der Waals surface area contributed by atoms with E-state index < -0.39 is 0 Å². The minimum atomic E-state index is 0.717. The van der Waals surface area contributed by atoms with Gasteiger partial charge in [0.1, 0.15) is 0 Å². The first-order valence-corrected chi connectivity index (χ1v) is 15.9. The van der Waals surface area contributed by atoms with E-state index in [-0.39, 0.29) is 0 Å². The summed E-state index contributed by atoms with van der Waals surface area (Å²) in [4.78, 5) is 0. The van der Waals surface area contributed by atoms with E-state index in [9.17, 15) is 0 Å². The van der Waals surface area contributed by atoms with Gasteiger partial charge < -0.3 is 0 Å². The summed E-state index contributed by atoms with van der Waals surface area (Å²) in [5.74, 6) is 0. The van der Waals surface area contributed by atoms with Gasteiger partial charge in [-0.1, -0.05) is 0 Å². The molecule has 0 saturated carbocycles. The number of rotatable bonds is 16. The molecule has 0 radical (unpaired) electrons. The molecule has 0 nitrogen and oxygen atoms in total. The van der Waals surface area contributed by atoms with Crippen LogP contribution in [-0.2, 0) is 0 Å². The van der Waals surface area contributed by atoms with Gasteiger partial charge in [0.25, 0.3) is 0 Å². The Morgan fingerprint density at radius 3 is 0.600 bits per heavy atom. The molecule has 0 heterocycles. The molecular formula is H37B35. The quantitative estimate of drug-likeness (QED) is 0.220. The van der Waals surface area contributed by atoms with Crippen LogP contribution >= 0.6 is 0 Å². The highest BCUT2D eigenvalue weighted by Gasteiger charge is 2.55. The molecule has 0 N–H and O–H groups in total. The summed E-state index contributed by atoms with van der Waals surface area (Å²) in [5, 5.41) is 0. The van der Waals surface area contributed by atoms with Crippen molar-refractivity contribution in [3.05, 3.63) is 0 Å². The number of hydrogen-bond acceptors (Lipinski definition) is 0. The van der Waals surface area contributed by atoms with E-state index in [0.717, 1.165) is 89.4 Å². The van der Waals surface area contributed by atoms with Gasteiger partial charge in [-0.05, 0) is 0 Å². The second kappa shape index (κ2) is 17.2. The van der Waals surface area contributed by atoms with Gasteiger partial charge in [0, 0.05) is 109 Å². The lowest BCUT2D eigenvalue weighted by atomic mass is 8.29. The van der Waals surface area contributed by atoms with Gasteiger partial charge in [0.05, 0.1) is 139 Å². The first kappa shape index (κ1) is 37.3. The van der Waals surface area contributed by atoms with Crippen LogP contribution < -0.4 is 0 Å². The van der Waals surface area contributed by atoms with Crippen molar-refractivity contribution in [1.82, 2.24) is 0 Å². The van der Waals surface area contributed by atoms with E-state index in [1.165, 1.54) is 7.06 Å². The predicted molar refractivity (Wildman–Crippen MR) is 253 cm³/mol. The number of hydrogen-bond donors (Lipinski definition) is 0. The average Bonchev–Trinajstić information content (AvgIpc) is 2.66. The molecule has 0 aliphatic rings. The molecule has 0 aromatic carbocycles. The van der Waals surface area contributed by atoms with Crippen LogP contribution in [0.3, 0.4) is 0 Å². The minimum Gasteiger partial charge on any atom is 0.000158 e. The molecule has 0 saturated heterocycles. The van der Waals surface area contributed by atoms with Crippen LogP contribution in [0.5, 0.6) is 0 Å². The predicted octanol–water partition coefficient (Wildman–Crippen LogP) is -23.2. The van der Waals surface area contributed by atoms with Crippen molar-refractivity contribution in [3.63, 3.8) is 0 Å². The zero-order valence-electron chi connectivity index (χ0n) is 27.9.